The molecule has 1 fully saturated rings. The standard InChI is InChI=1S/C10H15N3O/c1-13-6-8(5-12-13)10(14)4-9(11)7-2-3-7/h5-7,9H,2-4,11H2,1H3. The van der Waals surface area contributed by atoms with Crippen molar-refractivity contribution in [2.45, 2.75) is 25.3 Å². The van der Waals surface area contributed by atoms with Crippen molar-refractivity contribution < 1.29 is 4.79 Å². The Morgan fingerprint density at radius 3 is 3.00 bits per heavy atom. The van der Waals surface area contributed by atoms with Crippen molar-refractivity contribution >= 4 is 5.78 Å². The van der Waals surface area contributed by atoms with E-state index in [4.69, 9.17) is 5.73 Å². The SMILES string of the molecule is Cn1cc(C(=O)CC(N)C2CC2)cn1. The van der Waals surface area contributed by atoms with Crippen LogP contribution in [0.4, 0.5) is 0 Å². The van der Waals surface area contributed by atoms with Crippen LogP contribution in [0.15, 0.2) is 12.4 Å². The highest BCUT2D eigenvalue weighted by atomic mass is 16.1. The van der Waals surface area contributed by atoms with Gasteiger partial charge in [0.15, 0.2) is 5.78 Å². The number of hydrogen-bond acceptors (Lipinski definition) is 3. The third kappa shape index (κ3) is 2.01. The Morgan fingerprint density at radius 1 is 1.79 bits per heavy atom. The predicted molar refractivity (Wildman–Crippen MR) is 52.9 cm³/mol. The largest absolute Gasteiger partial charge is 0.327 e. The maximum Gasteiger partial charge on any atom is 0.167 e. The van der Waals surface area contributed by atoms with E-state index in [1.54, 1.807) is 24.1 Å². The third-order valence-electron chi connectivity index (χ3n) is 2.68. The first-order chi connectivity index (χ1) is 6.66. The fourth-order valence-electron chi connectivity index (χ4n) is 1.59. The number of hydrogen-bond donors (Lipinski definition) is 1. The van der Waals surface area contributed by atoms with Crippen LogP contribution in [-0.4, -0.2) is 21.6 Å². The number of aromatic nitrogens is 2. The second-order valence-electron chi connectivity index (χ2n) is 4.03. The third-order valence-corrected chi connectivity index (χ3v) is 2.68. The van der Waals surface area contributed by atoms with Gasteiger partial charge >= 0.3 is 0 Å². The summed E-state index contributed by atoms with van der Waals surface area (Å²) in [7, 11) is 1.80. The fourth-order valence-corrected chi connectivity index (χ4v) is 1.59. The van der Waals surface area contributed by atoms with Crippen molar-refractivity contribution in [3.8, 4) is 0 Å². The van der Waals surface area contributed by atoms with Crippen LogP contribution in [0.2, 0.25) is 0 Å². The molecule has 0 spiro atoms. The Bertz CT molecular complexity index is 341. The van der Waals surface area contributed by atoms with Gasteiger partial charge in [-0.1, -0.05) is 0 Å². The monoisotopic (exact) mass is 193 g/mol. The summed E-state index contributed by atoms with van der Waals surface area (Å²) in [5.74, 6) is 0.688. The summed E-state index contributed by atoms with van der Waals surface area (Å²) in [6, 6.07) is 0.0442. The average molecular weight is 193 g/mol. The van der Waals surface area contributed by atoms with E-state index >= 15 is 0 Å². The first-order valence-corrected chi connectivity index (χ1v) is 4.94. The molecule has 1 aromatic rings. The summed E-state index contributed by atoms with van der Waals surface area (Å²) in [4.78, 5) is 11.7. The highest BCUT2D eigenvalue weighted by Gasteiger charge is 2.30. The highest BCUT2D eigenvalue weighted by molar-refractivity contribution is 5.96. The number of Topliss-reactive ketones (excluding diaryl/α,β-unsaturated/α-hetero) is 1. The van der Waals surface area contributed by atoms with E-state index in [1.807, 2.05) is 0 Å². The van der Waals surface area contributed by atoms with E-state index in [-0.39, 0.29) is 11.8 Å². The molecule has 1 saturated carbocycles. The van der Waals surface area contributed by atoms with Crippen molar-refractivity contribution in [3.05, 3.63) is 18.0 Å². The van der Waals surface area contributed by atoms with Gasteiger partial charge in [0.25, 0.3) is 0 Å². The molecule has 4 heteroatoms. The highest BCUT2D eigenvalue weighted by Crippen LogP contribution is 2.33. The maximum atomic E-state index is 11.7. The molecule has 0 aromatic carbocycles. The predicted octanol–water partition coefficient (Wildman–Crippen LogP) is 0.730. The zero-order valence-electron chi connectivity index (χ0n) is 8.31. The number of carbonyl (C=O) groups is 1. The van der Waals surface area contributed by atoms with E-state index in [1.165, 1.54) is 12.8 Å². The van der Waals surface area contributed by atoms with Crippen LogP contribution in [0.1, 0.15) is 29.6 Å². The number of nitrogens with zero attached hydrogens (tertiary/aromatic N) is 2. The van der Waals surface area contributed by atoms with Crippen LogP contribution in [0, 0.1) is 5.92 Å². The molecule has 0 bridgehead atoms. The first kappa shape index (κ1) is 9.40. The van der Waals surface area contributed by atoms with Crippen LogP contribution in [0.5, 0.6) is 0 Å². The smallest absolute Gasteiger partial charge is 0.167 e. The van der Waals surface area contributed by atoms with Gasteiger partial charge in [0.2, 0.25) is 0 Å². The summed E-state index contributed by atoms with van der Waals surface area (Å²) >= 11 is 0. The Morgan fingerprint density at radius 2 is 2.50 bits per heavy atom. The quantitative estimate of drug-likeness (QED) is 0.717. The topological polar surface area (TPSA) is 60.9 Å². The van der Waals surface area contributed by atoms with Crippen LogP contribution >= 0.6 is 0 Å². The zero-order valence-corrected chi connectivity index (χ0v) is 8.31. The molecule has 14 heavy (non-hydrogen) atoms. The second-order valence-corrected chi connectivity index (χ2v) is 4.03. The minimum absolute atomic E-state index is 0.0442. The van der Waals surface area contributed by atoms with Gasteiger partial charge in [-0.15, -0.1) is 0 Å². The first-order valence-electron chi connectivity index (χ1n) is 4.94. The molecular weight excluding hydrogens is 178 g/mol. The van der Waals surface area contributed by atoms with E-state index in [2.05, 4.69) is 5.10 Å². The summed E-state index contributed by atoms with van der Waals surface area (Å²) < 4.78 is 1.63. The molecule has 1 aliphatic rings. The van der Waals surface area contributed by atoms with Gasteiger partial charge in [0, 0.05) is 25.7 Å². The molecule has 1 atom stereocenters. The summed E-state index contributed by atoms with van der Waals surface area (Å²) in [5.41, 5.74) is 6.55. The van der Waals surface area contributed by atoms with Gasteiger partial charge in [0.1, 0.15) is 0 Å². The lowest BCUT2D eigenvalue weighted by Gasteiger charge is -2.07. The molecule has 2 N–H and O–H groups in total. The fraction of sp³-hybridized carbons (Fsp3) is 0.600. The van der Waals surface area contributed by atoms with Crippen LogP contribution in [-0.2, 0) is 7.05 Å². The molecule has 0 saturated heterocycles. The Labute approximate surface area is 83.1 Å². The van der Waals surface area contributed by atoms with Gasteiger partial charge in [-0.05, 0) is 18.8 Å². The molecule has 0 radical (unpaired) electrons. The van der Waals surface area contributed by atoms with Crippen molar-refractivity contribution in [3.63, 3.8) is 0 Å². The van der Waals surface area contributed by atoms with Gasteiger partial charge < -0.3 is 5.73 Å². The minimum atomic E-state index is 0.0442. The number of aryl methyl sites for hydroxylation is 1. The van der Waals surface area contributed by atoms with Crippen LogP contribution in [0.25, 0.3) is 0 Å². The molecule has 1 aromatic heterocycles. The molecule has 1 unspecified atom stereocenters. The Hall–Kier alpha value is -1.16. The van der Waals surface area contributed by atoms with Gasteiger partial charge in [0.05, 0.1) is 11.8 Å². The average Bonchev–Trinajstić information content (AvgIpc) is 2.89. The van der Waals surface area contributed by atoms with Crippen molar-refractivity contribution in [1.82, 2.24) is 9.78 Å². The van der Waals surface area contributed by atoms with Crippen molar-refractivity contribution in [1.29, 1.82) is 0 Å². The van der Waals surface area contributed by atoms with Crippen LogP contribution < -0.4 is 5.73 Å². The number of rotatable bonds is 4. The summed E-state index contributed by atoms with van der Waals surface area (Å²) in [5, 5.41) is 3.96. The lowest BCUT2D eigenvalue weighted by molar-refractivity contribution is 0.0971. The summed E-state index contributed by atoms with van der Waals surface area (Å²) in [6.45, 7) is 0. The van der Waals surface area contributed by atoms with E-state index < -0.39 is 0 Å². The lowest BCUT2D eigenvalue weighted by Crippen LogP contribution is -2.25. The van der Waals surface area contributed by atoms with Crippen molar-refractivity contribution in [2.24, 2.45) is 18.7 Å². The molecule has 76 valence electrons. The molecule has 1 aliphatic carbocycles. The normalized spacial score (nSPS) is 18.1. The number of nitrogens with two attached hydrogens (primary N) is 1. The number of ketones is 1. The lowest BCUT2D eigenvalue weighted by atomic mass is 10.0. The molecular formula is C10H15N3O. The zero-order chi connectivity index (χ0) is 10.1. The Kier molecular flexibility index (Phi) is 2.37. The minimum Gasteiger partial charge on any atom is -0.327 e. The van der Waals surface area contributed by atoms with Gasteiger partial charge in [-0.25, -0.2) is 0 Å². The second kappa shape index (κ2) is 3.53. The van der Waals surface area contributed by atoms with E-state index in [9.17, 15) is 4.79 Å². The van der Waals surface area contributed by atoms with Crippen LogP contribution in [0.3, 0.4) is 0 Å². The molecule has 4 nitrogen and oxygen atoms in total. The van der Waals surface area contributed by atoms with Gasteiger partial charge in [-0.2, -0.15) is 5.10 Å². The molecule has 2 rings (SSSR count). The maximum absolute atomic E-state index is 11.7. The van der Waals surface area contributed by atoms with Crippen molar-refractivity contribution in [2.75, 3.05) is 0 Å². The molecule has 0 aliphatic heterocycles. The molecule has 0 amide bonds. The molecule has 1 heterocycles. The van der Waals surface area contributed by atoms with E-state index in [0.29, 0.717) is 17.9 Å². The van der Waals surface area contributed by atoms with Gasteiger partial charge in [-0.3, -0.25) is 9.48 Å². The Balaban J connectivity index is 1.94. The summed E-state index contributed by atoms with van der Waals surface area (Å²) in [6.07, 6.45) is 6.16. The number of carbonyl (C=O) groups excluding carboxylic acids is 1. The van der Waals surface area contributed by atoms with E-state index in [0.717, 1.165) is 0 Å².